The largest absolute Gasteiger partial charge is 0.144 e. The molecule has 1 unspecified atom stereocenters. The van der Waals surface area contributed by atoms with Crippen molar-refractivity contribution >= 4 is 39.7 Å². The second kappa shape index (κ2) is 4.91. The molecule has 0 aliphatic carbocycles. The Kier molecular flexibility index (Phi) is 5.58. The van der Waals surface area contributed by atoms with Crippen molar-refractivity contribution in [1.29, 1.82) is 0 Å². The molecule has 0 amide bonds. The van der Waals surface area contributed by atoms with E-state index in [9.17, 15) is 0 Å². The first kappa shape index (κ1) is 9.08. The third-order valence-corrected chi connectivity index (χ3v) is 3.04. The first-order chi connectivity index (χ1) is 3.72. The van der Waals surface area contributed by atoms with Crippen LogP contribution in [0.4, 0.5) is 0 Å². The van der Waals surface area contributed by atoms with Crippen molar-refractivity contribution in [2.75, 3.05) is 6.26 Å². The number of nitrogens with zero attached hydrogens (tertiary/aromatic N) is 1. The Balaban J connectivity index is 3.35. The molecule has 0 aromatic rings. The van der Waals surface area contributed by atoms with Gasteiger partial charge in [-0.3, -0.25) is 0 Å². The van der Waals surface area contributed by atoms with Crippen molar-refractivity contribution in [1.82, 2.24) is 3.45 Å². The highest BCUT2D eigenvalue weighted by atomic mass is 79.9. The molecule has 0 heterocycles. The molecular formula is C4H9BrClNS. The summed E-state index contributed by atoms with van der Waals surface area (Å²) in [5.74, 6) is 0. The van der Waals surface area contributed by atoms with Crippen molar-refractivity contribution in [3.05, 3.63) is 0 Å². The molecule has 4 heteroatoms. The van der Waals surface area contributed by atoms with E-state index in [1.165, 1.54) is 3.45 Å². The van der Waals surface area contributed by atoms with Gasteiger partial charge < -0.3 is 0 Å². The van der Waals surface area contributed by atoms with E-state index in [2.05, 4.69) is 23.1 Å². The summed E-state index contributed by atoms with van der Waals surface area (Å²) in [6.07, 6.45) is 3.08. The molecular weight excluding hydrogens is 209 g/mol. The van der Waals surface area contributed by atoms with Gasteiger partial charge in [-0.15, -0.1) is 15.2 Å². The fourth-order valence-electron chi connectivity index (χ4n) is 0.384. The highest BCUT2D eigenvalue weighted by molar-refractivity contribution is 9.08. The monoisotopic (exact) mass is 217 g/mol. The normalized spacial score (nSPS) is 14.6. The Morgan fingerprint density at radius 2 is 2.38 bits per heavy atom. The first-order valence-electron chi connectivity index (χ1n) is 2.36. The van der Waals surface area contributed by atoms with Crippen molar-refractivity contribution in [3.8, 4) is 0 Å². The minimum atomic E-state index is 0.386. The molecule has 50 valence electrons. The number of hydrogen-bond donors (Lipinski definition) is 0. The predicted octanol–water partition coefficient (Wildman–Crippen LogP) is 2.85. The second-order valence-corrected chi connectivity index (χ2v) is 3.91. The average molecular weight is 219 g/mol. The van der Waals surface area contributed by atoms with Crippen LogP contribution < -0.4 is 0 Å². The topological polar surface area (TPSA) is 3.24 Å². The van der Waals surface area contributed by atoms with Crippen LogP contribution in [-0.2, 0) is 0 Å². The quantitative estimate of drug-likeness (QED) is 0.529. The maximum absolute atomic E-state index is 5.57. The van der Waals surface area contributed by atoms with E-state index in [0.717, 1.165) is 6.42 Å². The Bertz CT molecular complexity index is 58.0. The maximum atomic E-state index is 5.57. The van der Waals surface area contributed by atoms with Crippen LogP contribution in [0.5, 0.6) is 0 Å². The third kappa shape index (κ3) is 3.17. The number of thioether (sulfide) groups is 1. The van der Waals surface area contributed by atoms with Gasteiger partial charge >= 0.3 is 0 Å². The Hall–Kier alpha value is 1.08. The Morgan fingerprint density at radius 3 is 2.38 bits per heavy atom. The Labute approximate surface area is 68.2 Å². The van der Waals surface area contributed by atoms with Gasteiger partial charge in [0.1, 0.15) is 0 Å². The molecule has 8 heavy (non-hydrogen) atoms. The van der Waals surface area contributed by atoms with Crippen molar-refractivity contribution in [3.63, 3.8) is 0 Å². The highest BCUT2D eigenvalue weighted by Gasteiger charge is 2.08. The van der Waals surface area contributed by atoms with Crippen molar-refractivity contribution in [2.24, 2.45) is 0 Å². The lowest BCUT2D eigenvalue weighted by Crippen LogP contribution is -2.11. The summed E-state index contributed by atoms with van der Waals surface area (Å²) in [7, 11) is 0. The van der Waals surface area contributed by atoms with E-state index in [1.807, 2.05) is 6.26 Å². The molecule has 0 aromatic heterocycles. The number of rotatable bonds is 3. The van der Waals surface area contributed by atoms with Crippen LogP contribution in [0.3, 0.4) is 0 Å². The molecule has 0 aliphatic heterocycles. The zero-order valence-corrected chi connectivity index (χ0v) is 8.05. The van der Waals surface area contributed by atoms with Crippen LogP contribution in [0.1, 0.15) is 13.3 Å². The summed E-state index contributed by atoms with van der Waals surface area (Å²) in [5.41, 5.74) is 0. The molecule has 0 rings (SSSR count). The van der Waals surface area contributed by atoms with Crippen LogP contribution >= 0.6 is 39.7 Å². The van der Waals surface area contributed by atoms with Gasteiger partial charge in [0.15, 0.2) is 0 Å². The summed E-state index contributed by atoms with van der Waals surface area (Å²) >= 11 is 10.4. The van der Waals surface area contributed by atoms with Gasteiger partial charge in [-0.25, -0.2) is 0 Å². The lowest BCUT2D eigenvalue weighted by Gasteiger charge is -2.13. The van der Waals surface area contributed by atoms with Crippen LogP contribution in [0.2, 0.25) is 0 Å². The second-order valence-electron chi connectivity index (χ2n) is 1.36. The minimum Gasteiger partial charge on any atom is -0.144 e. The van der Waals surface area contributed by atoms with Crippen molar-refractivity contribution < 1.29 is 0 Å². The fraction of sp³-hybridized carbons (Fsp3) is 1.00. The smallest absolute Gasteiger partial charge is 0.0815 e. The highest BCUT2D eigenvalue weighted by Crippen LogP contribution is 2.21. The van der Waals surface area contributed by atoms with Crippen molar-refractivity contribution in [2.45, 2.75) is 18.7 Å². The van der Waals surface area contributed by atoms with E-state index >= 15 is 0 Å². The standard InChI is InChI=1S/C4H9BrClNS/c1-3-4(8-2)7(5)6/h4H,3H2,1-2H3. The molecule has 0 aliphatic rings. The van der Waals surface area contributed by atoms with Crippen LogP contribution in [0, 0.1) is 0 Å². The van der Waals surface area contributed by atoms with Gasteiger partial charge in [-0.1, -0.05) is 6.92 Å². The van der Waals surface area contributed by atoms with Gasteiger partial charge in [-0.05, 0) is 24.5 Å². The lowest BCUT2D eigenvalue weighted by atomic mass is 10.5. The van der Waals surface area contributed by atoms with E-state index in [4.69, 9.17) is 11.8 Å². The summed E-state index contributed by atoms with van der Waals surface area (Å²) < 4.78 is 1.53. The first-order valence-corrected chi connectivity index (χ1v) is 4.69. The SMILES string of the molecule is CCC(SC)N(Cl)Br. The molecule has 0 saturated carbocycles. The third-order valence-electron chi connectivity index (χ3n) is 0.839. The number of halogens is 2. The average Bonchev–Trinajstić information content (AvgIpc) is 1.69. The van der Waals surface area contributed by atoms with Crippen LogP contribution in [0.25, 0.3) is 0 Å². The minimum absolute atomic E-state index is 0.386. The van der Waals surface area contributed by atoms with Gasteiger partial charge in [0.05, 0.1) is 5.37 Å². The molecule has 0 spiro atoms. The molecule has 0 saturated heterocycles. The number of hydrogen-bond acceptors (Lipinski definition) is 2. The van der Waals surface area contributed by atoms with Gasteiger partial charge in [0.2, 0.25) is 0 Å². The van der Waals surface area contributed by atoms with Crippen LogP contribution in [-0.4, -0.2) is 15.1 Å². The van der Waals surface area contributed by atoms with Gasteiger partial charge in [0.25, 0.3) is 0 Å². The summed E-state index contributed by atoms with van der Waals surface area (Å²) in [6, 6.07) is 0. The predicted molar refractivity (Wildman–Crippen MR) is 44.2 cm³/mol. The zero-order chi connectivity index (χ0) is 6.57. The van der Waals surface area contributed by atoms with E-state index in [1.54, 1.807) is 11.8 Å². The van der Waals surface area contributed by atoms with E-state index < -0.39 is 0 Å². The molecule has 0 fully saturated rings. The molecule has 0 N–H and O–H groups in total. The van der Waals surface area contributed by atoms with E-state index in [-0.39, 0.29) is 0 Å². The molecule has 1 nitrogen and oxygen atoms in total. The zero-order valence-electron chi connectivity index (χ0n) is 4.90. The summed E-state index contributed by atoms with van der Waals surface area (Å²) in [6.45, 7) is 2.10. The van der Waals surface area contributed by atoms with Gasteiger partial charge in [-0.2, -0.15) is 0 Å². The maximum Gasteiger partial charge on any atom is 0.0815 e. The van der Waals surface area contributed by atoms with Crippen LogP contribution in [0.15, 0.2) is 0 Å². The molecule has 0 radical (unpaired) electrons. The molecule has 0 bridgehead atoms. The summed E-state index contributed by atoms with van der Waals surface area (Å²) in [4.78, 5) is 0. The van der Waals surface area contributed by atoms with Gasteiger partial charge in [0, 0.05) is 16.1 Å². The molecule has 0 aromatic carbocycles. The van der Waals surface area contributed by atoms with E-state index in [0.29, 0.717) is 5.37 Å². The molecule has 1 atom stereocenters. The Morgan fingerprint density at radius 1 is 1.88 bits per heavy atom. The fourth-order valence-corrected chi connectivity index (χ4v) is 2.05. The lowest BCUT2D eigenvalue weighted by molar-refractivity contribution is 0.658. The summed E-state index contributed by atoms with van der Waals surface area (Å²) in [5, 5.41) is 0.386.